The van der Waals surface area contributed by atoms with Gasteiger partial charge in [-0.25, -0.2) is 0 Å². The molecule has 1 unspecified atom stereocenters. The molecule has 1 aliphatic heterocycles. The number of hydrogen-bond donors (Lipinski definition) is 1. The van der Waals surface area contributed by atoms with E-state index in [1.54, 1.807) is 0 Å². The molecule has 1 heterocycles. The van der Waals surface area contributed by atoms with Crippen LogP contribution >= 0.6 is 11.6 Å². The van der Waals surface area contributed by atoms with Gasteiger partial charge >= 0.3 is 0 Å². The van der Waals surface area contributed by atoms with E-state index in [4.69, 9.17) is 11.6 Å². The van der Waals surface area contributed by atoms with E-state index in [1.807, 2.05) is 25.1 Å². The minimum absolute atomic E-state index is 0.113. The molecule has 1 aliphatic rings. The lowest BCUT2D eigenvalue weighted by Crippen LogP contribution is -2.41. The van der Waals surface area contributed by atoms with Gasteiger partial charge < -0.3 is 5.32 Å². The van der Waals surface area contributed by atoms with Crippen LogP contribution in [-0.2, 0) is 4.79 Å². The van der Waals surface area contributed by atoms with Crippen molar-refractivity contribution in [3.63, 3.8) is 0 Å². The van der Waals surface area contributed by atoms with Crippen molar-refractivity contribution >= 4 is 17.5 Å². The molecular formula is C10H10ClNO. The lowest BCUT2D eigenvalue weighted by Gasteiger charge is -2.27. The zero-order chi connectivity index (χ0) is 9.42. The second-order valence-corrected chi connectivity index (χ2v) is 3.74. The van der Waals surface area contributed by atoms with E-state index in [2.05, 4.69) is 5.32 Å². The fraction of sp³-hybridized carbons (Fsp3) is 0.300. The van der Waals surface area contributed by atoms with Crippen LogP contribution in [0.2, 0.25) is 5.02 Å². The van der Waals surface area contributed by atoms with Gasteiger partial charge in [0.1, 0.15) is 0 Å². The Morgan fingerprint density at radius 2 is 2.23 bits per heavy atom. The third-order valence-corrected chi connectivity index (χ3v) is 2.73. The average Bonchev–Trinajstić information content (AvgIpc) is 2.05. The van der Waals surface area contributed by atoms with Gasteiger partial charge in [0.25, 0.3) is 0 Å². The van der Waals surface area contributed by atoms with Crippen molar-refractivity contribution in [1.82, 2.24) is 5.32 Å². The van der Waals surface area contributed by atoms with Crippen LogP contribution in [0, 0.1) is 6.92 Å². The molecule has 1 aromatic rings. The Balaban J connectivity index is 2.22. The van der Waals surface area contributed by atoms with Crippen molar-refractivity contribution < 1.29 is 4.79 Å². The molecule has 1 saturated heterocycles. The summed E-state index contributed by atoms with van der Waals surface area (Å²) in [7, 11) is 0. The van der Waals surface area contributed by atoms with Crippen LogP contribution in [0.1, 0.15) is 23.6 Å². The minimum atomic E-state index is 0.113. The third-order valence-electron chi connectivity index (χ3n) is 2.32. The highest BCUT2D eigenvalue weighted by molar-refractivity contribution is 6.31. The molecule has 1 aromatic carbocycles. The minimum Gasteiger partial charge on any atom is -0.349 e. The molecule has 0 aliphatic carbocycles. The average molecular weight is 196 g/mol. The van der Waals surface area contributed by atoms with E-state index in [0.29, 0.717) is 6.42 Å². The summed E-state index contributed by atoms with van der Waals surface area (Å²) in [6.45, 7) is 1.96. The lowest BCUT2D eigenvalue weighted by atomic mass is 9.96. The second kappa shape index (κ2) is 3.04. The SMILES string of the molecule is Cc1ccc(C2CC(=O)N2)cc1Cl. The molecule has 0 saturated carbocycles. The number of benzene rings is 1. The largest absolute Gasteiger partial charge is 0.349 e. The highest BCUT2D eigenvalue weighted by Gasteiger charge is 2.26. The molecule has 68 valence electrons. The number of β-lactam (4-membered cyclic amide) rings is 1. The van der Waals surface area contributed by atoms with Crippen LogP contribution in [0.3, 0.4) is 0 Å². The van der Waals surface area contributed by atoms with Crippen molar-refractivity contribution in [2.24, 2.45) is 0 Å². The van der Waals surface area contributed by atoms with Gasteiger partial charge in [-0.15, -0.1) is 0 Å². The first-order valence-electron chi connectivity index (χ1n) is 4.22. The first kappa shape index (κ1) is 8.57. The number of carbonyl (C=O) groups excluding carboxylic acids is 1. The maximum atomic E-state index is 10.7. The summed E-state index contributed by atoms with van der Waals surface area (Å²) in [4.78, 5) is 10.7. The van der Waals surface area contributed by atoms with Gasteiger partial charge in [0, 0.05) is 5.02 Å². The van der Waals surface area contributed by atoms with Crippen molar-refractivity contribution in [2.75, 3.05) is 0 Å². The fourth-order valence-corrected chi connectivity index (χ4v) is 1.57. The Morgan fingerprint density at radius 1 is 1.54 bits per heavy atom. The summed E-state index contributed by atoms with van der Waals surface area (Å²) in [5.74, 6) is 0.113. The summed E-state index contributed by atoms with van der Waals surface area (Å²) in [5.41, 5.74) is 2.16. The second-order valence-electron chi connectivity index (χ2n) is 3.33. The first-order valence-corrected chi connectivity index (χ1v) is 4.60. The predicted molar refractivity (Wildman–Crippen MR) is 51.7 cm³/mol. The standard InChI is InChI=1S/C10H10ClNO/c1-6-2-3-7(4-8(6)11)9-5-10(13)12-9/h2-4,9H,5H2,1H3,(H,12,13). The molecule has 0 aromatic heterocycles. The van der Waals surface area contributed by atoms with E-state index < -0.39 is 0 Å². The smallest absolute Gasteiger partial charge is 0.222 e. The van der Waals surface area contributed by atoms with Crippen LogP contribution in [-0.4, -0.2) is 5.91 Å². The number of hydrogen-bond acceptors (Lipinski definition) is 1. The van der Waals surface area contributed by atoms with Crippen LogP contribution in [0.5, 0.6) is 0 Å². The van der Waals surface area contributed by atoms with Crippen LogP contribution in [0.15, 0.2) is 18.2 Å². The topological polar surface area (TPSA) is 29.1 Å². The third kappa shape index (κ3) is 1.54. The zero-order valence-corrected chi connectivity index (χ0v) is 8.06. The van der Waals surface area contributed by atoms with Gasteiger partial charge in [-0.3, -0.25) is 4.79 Å². The van der Waals surface area contributed by atoms with E-state index in [9.17, 15) is 4.79 Å². The number of halogens is 1. The maximum Gasteiger partial charge on any atom is 0.222 e. The molecular weight excluding hydrogens is 186 g/mol. The molecule has 13 heavy (non-hydrogen) atoms. The number of amides is 1. The van der Waals surface area contributed by atoms with Gasteiger partial charge in [0.05, 0.1) is 12.5 Å². The van der Waals surface area contributed by atoms with Crippen LogP contribution in [0.25, 0.3) is 0 Å². The summed E-state index contributed by atoms with van der Waals surface area (Å²) in [6, 6.07) is 6.07. The Kier molecular flexibility index (Phi) is 2.00. The molecule has 0 bridgehead atoms. The molecule has 1 fully saturated rings. The Morgan fingerprint density at radius 3 is 2.77 bits per heavy atom. The molecule has 2 rings (SSSR count). The Labute approximate surface area is 81.9 Å². The first-order chi connectivity index (χ1) is 6.16. The lowest BCUT2D eigenvalue weighted by molar-refractivity contribution is -0.128. The normalized spacial score (nSPS) is 20.8. The van der Waals surface area contributed by atoms with Crippen molar-refractivity contribution in [3.05, 3.63) is 34.3 Å². The predicted octanol–water partition coefficient (Wildman–Crippen LogP) is 2.21. The molecule has 1 N–H and O–H groups in total. The van der Waals surface area contributed by atoms with Gasteiger partial charge in [-0.1, -0.05) is 23.7 Å². The summed E-state index contributed by atoms with van der Waals surface area (Å²) in [6.07, 6.45) is 0.583. The maximum absolute atomic E-state index is 10.7. The summed E-state index contributed by atoms with van der Waals surface area (Å²) >= 11 is 5.96. The van der Waals surface area contributed by atoms with Gasteiger partial charge in [-0.2, -0.15) is 0 Å². The molecule has 3 heteroatoms. The number of nitrogens with one attached hydrogen (secondary N) is 1. The van der Waals surface area contributed by atoms with E-state index in [1.165, 1.54) is 0 Å². The molecule has 0 spiro atoms. The van der Waals surface area contributed by atoms with Gasteiger partial charge in [-0.05, 0) is 24.1 Å². The van der Waals surface area contributed by atoms with Crippen molar-refractivity contribution in [1.29, 1.82) is 0 Å². The Hall–Kier alpha value is -1.02. The molecule has 0 radical (unpaired) electrons. The monoisotopic (exact) mass is 195 g/mol. The van der Waals surface area contributed by atoms with E-state index >= 15 is 0 Å². The van der Waals surface area contributed by atoms with Crippen LogP contribution in [0.4, 0.5) is 0 Å². The van der Waals surface area contributed by atoms with Crippen molar-refractivity contribution in [2.45, 2.75) is 19.4 Å². The van der Waals surface area contributed by atoms with Crippen LogP contribution < -0.4 is 5.32 Å². The molecule has 1 amide bonds. The van der Waals surface area contributed by atoms with Gasteiger partial charge in [0.2, 0.25) is 5.91 Å². The Bertz CT molecular complexity index is 354. The van der Waals surface area contributed by atoms with Gasteiger partial charge in [0.15, 0.2) is 0 Å². The fourth-order valence-electron chi connectivity index (χ4n) is 1.39. The number of aryl methyl sites for hydroxylation is 1. The molecule has 1 atom stereocenters. The molecule has 2 nitrogen and oxygen atoms in total. The quantitative estimate of drug-likeness (QED) is 0.684. The number of rotatable bonds is 1. The van der Waals surface area contributed by atoms with E-state index in [-0.39, 0.29) is 11.9 Å². The highest BCUT2D eigenvalue weighted by atomic mass is 35.5. The highest BCUT2D eigenvalue weighted by Crippen LogP contribution is 2.27. The van der Waals surface area contributed by atoms with E-state index in [0.717, 1.165) is 16.1 Å². The number of carbonyl (C=O) groups is 1. The zero-order valence-electron chi connectivity index (χ0n) is 7.30. The summed E-state index contributed by atoms with van der Waals surface area (Å²) in [5, 5.41) is 3.57. The van der Waals surface area contributed by atoms with Crippen molar-refractivity contribution in [3.8, 4) is 0 Å². The summed E-state index contributed by atoms with van der Waals surface area (Å²) < 4.78 is 0.